The summed E-state index contributed by atoms with van der Waals surface area (Å²) in [6, 6.07) is 0.971. The van der Waals surface area contributed by atoms with Crippen LogP contribution in [0.25, 0.3) is 0 Å². The van der Waals surface area contributed by atoms with E-state index in [0.29, 0.717) is 35.7 Å². The van der Waals surface area contributed by atoms with Gasteiger partial charge in [-0.3, -0.25) is 4.79 Å². The van der Waals surface area contributed by atoms with Crippen molar-refractivity contribution in [3.05, 3.63) is 0 Å². The molecule has 1 amide bonds. The van der Waals surface area contributed by atoms with E-state index in [2.05, 4.69) is 24.1 Å². The summed E-state index contributed by atoms with van der Waals surface area (Å²) in [5.41, 5.74) is 6.34. The molecule has 3 aliphatic rings. The van der Waals surface area contributed by atoms with Crippen molar-refractivity contribution < 1.29 is 4.79 Å². The number of piperidine rings is 1. The van der Waals surface area contributed by atoms with E-state index in [1.807, 2.05) is 0 Å². The highest BCUT2D eigenvalue weighted by molar-refractivity contribution is 5.78. The van der Waals surface area contributed by atoms with Gasteiger partial charge in [-0.1, -0.05) is 6.42 Å². The fourth-order valence-electron chi connectivity index (χ4n) is 5.13. The minimum absolute atomic E-state index is 0.217. The van der Waals surface area contributed by atoms with Crippen LogP contribution in [0.1, 0.15) is 58.8 Å². The Kier molecular flexibility index (Phi) is 5.63. The molecule has 2 saturated carbocycles. The van der Waals surface area contributed by atoms with Gasteiger partial charge in [-0.15, -0.1) is 0 Å². The number of rotatable bonds is 4. The van der Waals surface area contributed by atoms with E-state index in [0.717, 1.165) is 25.9 Å². The summed E-state index contributed by atoms with van der Waals surface area (Å²) in [6.45, 7) is 7.75. The molecule has 23 heavy (non-hydrogen) atoms. The maximum absolute atomic E-state index is 12.6. The van der Waals surface area contributed by atoms with Gasteiger partial charge in [-0.25, -0.2) is 0 Å². The van der Waals surface area contributed by atoms with Gasteiger partial charge >= 0.3 is 0 Å². The zero-order chi connectivity index (χ0) is 16.4. The molecule has 3 unspecified atom stereocenters. The Bertz CT molecular complexity index is 397. The lowest BCUT2D eigenvalue weighted by molar-refractivity contribution is -0.128. The summed E-state index contributed by atoms with van der Waals surface area (Å²) in [7, 11) is 0. The second kappa shape index (κ2) is 7.52. The molecule has 0 spiro atoms. The van der Waals surface area contributed by atoms with Crippen LogP contribution in [0, 0.1) is 23.7 Å². The van der Waals surface area contributed by atoms with Crippen LogP contribution in [-0.2, 0) is 4.79 Å². The molecule has 3 atom stereocenters. The van der Waals surface area contributed by atoms with Crippen molar-refractivity contribution in [2.75, 3.05) is 19.6 Å². The van der Waals surface area contributed by atoms with Crippen molar-refractivity contribution in [1.82, 2.24) is 10.2 Å². The zero-order valence-electron chi connectivity index (χ0n) is 15.0. The van der Waals surface area contributed by atoms with E-state index in [1.165, 1.54) is 38.6 Å². The minimum atomic E-state index is 0.217. The maximum atomic E-state index is 12.6. The van der Waals surface area contributed by atoms with Gasteiger partial charge in [0.15, 0.2) is 0 Å². The second-order valence-corrected chi connectivity index (χ2v) is 8.54. The van der Waals surface area contributed by atoms with Gasteiger partial charge in [-0.05, 0) is 76.7 Å². The first-order valence-electron chi connectivity index (χ1n) is 9.82. The standard InChI is InChI=1S/C19H35N3O/c1-13(2)22-8-4-5-14(12-22)11-21-19(23)17-9-15-6-3-7-16(10-17)18(15)20/h13-18H,3-12,20H2,1-2H3,(H,21,23). The number of nitrogens with one attached hydrogen (secondary N) is 1. The van der Waals surface area contributed by atoms with Crippen molar-refractivity contribution in [2.24, 2.45) is 29.4 Å². The highest BCUT2D eigenvalue weighted by atomic mass is 16.1. The number of likely N-dealkylation sites (tertiary alicyclic amines) is 1. The molecular weight excluding hydrogens is 286 g/mol. The average Bonchev–Trinajstić information content (AvgIpc) is 2.52. The average molecular weight is 322 g/mol. The van der Waals surface area contributed by atoms with Gasteiger partial charge in [0, 0.05) is 31.1 Å². The van der Waals surface area contributed by atoms with Gasteiger partial charge in [0.05, 0.1) is 0 Å². The van der Waals surface area contributed by atoms with Crippen LogP contribution < -0.4 is 11.1 Å². The third-order valence-electron chi connectivity index (χ3n) is 6.63. The SMILES string of the molecule is CC(C)N1CCCC(CNC(=O)C2CC3CCCC(C2)C3N)C1. The molecular formula is C19H35N3O. The summed E-state index contributed by atoms with van der Waals surface area (Å²) < 4.78 is 0. The lowest BCUT2D eigenvalue weighted by Crippen LogP contribution is -2.50. The lowest BCUT2D eigenvalue weighted by Gasteiger charge is -2.43. The molecule has 3 fully saturated rings. The van der Waals surface area contributed by atoms with Crippen molar-refractivity contribution in [3.8, 4) is 0 Å². The smallest absolute Gasteiger partial charge is 0.223 e. The molecule has 0 aromatic carbocycles. The third-order valence-corrected chi connectivity index (χ3v) is 6.63. The van der Waals surface area contributed by atoms with Crippen LogP contribution in [0.5, 0.6) is 0 Å². The van der Waals surface area contributed by atoms with Crippen molar-refractivity contribution >= 4 is 5.91 Å². The fraction of sp³-hybridized carbons (Fsp3) is 0.947. The van der Waals surface area contributed by atoms with Crippen LogP contribution in [0.3, 0.4) is 0 Å². The number of nitrogens with two attached hydrogens (primary N) is 1. The number of hydrogen-bond acceptors (Lipinski definition) is 3. The largest absolute Gasteiger partial charge is 0.356 e. The number of hydrogen-bond donors (Lipinski definition) is 2. The lowest BCUT2D eigenvalue weighted by atomic mass is 9.65. The molecule has 0 aromatic rings. The summed E-state index contributed by atoms with van der Waals surface area (Å²) in [6.07, 6.45) is 8.33. The number of carbonyl (C=O) groups excluding carboxylic acids is 1. The van der Waals surface area contributed by atoms with Gasteiger partial charge in [-0.2, -0.15) is 0 Å². The Balaban J connectivity index is 1.46. The molecule has 4 heteroatoms. The van der Waals surface area contributed by atoms with Crippen molar-refractivity contribution in [1.29, 1.82) is 0 Å². The van der Waals surface area contributed by atoms with Gasteiger partial charge in [0.25, 0.3) is 0 Å². The van der Waals surface area contributed by atoms with E-state index in [4.69, 9.17) is 5.73 Å². The summed E-state index contributed by atoms with van der Waals surface area (Å²) >= 11 is 0. The predicted molar refractivity (Wildman–Crippen MR) is 94.0 cm³/mol. The highest BCUT2D eigenvalue weighted by Crippen LogP contribution is 2.41. The molecule has 0 aromatic heterocycles. The molecule has 2 aliphatic carbocycles. The van der Waals surface area contributed by atoms with E-state index in [9.17, 15) is 4.79 Å². The first-order chi connectivity index (χ1) is 11.0. The van der Waals surface area contributed by atoms with Crippen LogP contribution in [0.15, 0.2) is 0 Å². The highest BCUT2D eigenvalue weighted by Gasteiger charge is 2.40. The molecule has 3 rings (SSSR count). The van der Waals surface area contributed by atoms with Crippen LogP contribution in [-0.4, -0.2) is 42.5 Å². The predicted octanol–water partition coefficient (Wildman–Crippen LogP) is 2.38. The van der Waals surface area contributed by atoms with Gasteiger partial charge in [0.2, 0.25) is 5.91 Å². The Hall–Kier alpha value is -0.610. The molecule has 1 aliphatic heterocycles. The van der Waals surface area contributed by atoms with E-state index in [1.54, 1.807) is 0 Å². The van der Waals surface area contributed by atoms with E-state index in [-0.39, 0.29) is 5.92 Å². The Morgan fingerprint density at radius 1 is 1.17 bits per heavy atom. The molecule has 132 valence electrons. The van der Waals surface area contributed by atoms with Crippen molar-refractivity contribution in [2.45, 2.75) is 70.9 Å². The monoisotopic (exact) mass is 321 g/mol. The molecule has 1 saturated heterocycles. The maximum Gasteiger partial charge on any atom is 0.223 e. The molecule has 1 heterocycles. The number of nitrogens with zero attached hydrogens (tertiary/aromatic N) is 1. The topological polar surface area (TPSA) is 58.4 Å². The third kappa shape index (κ3) is 4.08. The van der Waals surface area contributed by atoms with E-state index < -0.39 is 0 Å². The first-order valence-corrected chi connectivity index (χ1v) is 9.82. The fourth-order valence-corrected chi connectivity index (χ4v) is 5.13. The van der Waals surface area contributed by atoms with Crippen LogP contribution in [0.4, 0.5) is 0 Å². The summed E-state index contributed by atoms with van der Waals surface area (Å²) in [5.74, 6) is 2.32. The number of amides is 1. The van der Waals surface area contributed by atoms with E-state index >= 15 is 0 Å². The quantitative estimate of drug-likeness (QED) is 0.836. The molecule has 3 N–H and O–H groups in total. The van der Waals surface area contributed by atoms with Crippen LogP contribution in [0.2, 0.25) is 0 Å². The molecule has 4 nitrogen and oxygen atoms in total. The molecule has 0 radical (unpaired) electrons. The number of carbonyl (C=O) groups is 1. The first kappa shape index (κ1) is 17.2. The second-order valence-electron chi connectivity index (χ2n) is 8.54. The Morgan fingerprint density at radius 3 is 2.52 bits per heavy atom. The normalized spacial score (nSPS) is 38.5. The molecule has 2 bridgehead atoms. The minimum Gasteiger partial charge on any atom is -0.356 e. The number of fused-ring (bicyclic) bond motifs is 2. The van der Waals surface area contributed by atoms with Gasteiger partial charge in [0.1, 0.15) is 0 Å². The summed E-state index contributed by atoms with van der Waals surface area (Å²) in [5, 5.41) is 3.28. The van der Waals surface area contributed by atoms with Crippen molar-refractivity contribution in [3.63, 3.8) is 0 Å². The zero-order valence-corrected chi connectivity index (χ0v) is 15.0. The Morgan fingerprint density at radius 2 is 1.87 bits per heavy atom. The van der Waals surface area contributed by atoms with Crippen LogP contribution >= 0.6 is 0 Å². The Labute approximate surface area is 141 Å². The summed E-state index contributed by atoms with van der Waals surface area (Å²) in [4.78, 5) is 15.2. The van der Waals surface area contributed by atoms with Gasteiger partial charge < -0.3 is 16.0 Å².